The van der Waals surface area contributed by atoms with Crippen LogP contribution in [0.3, 0.4) is 0 Å². The van der Waals surface area contributed by atoms with Crippen molar-refractivity contribution in [2.24, 2.45) is 5.92 Å². The van der Waals surface area contributed by atoms with Crippen molar-refractivity contribution in [2.45, 2.75) is 76.0 Å². The topological polar surface area (TPSA) is 52.6 Å². The number of alkyl halides is 3. The van der Waals surface area contributed by atoms with Gasteiger partial charge in [-0.05, 0) is 68.2 Å². The third kappa shape index (κ3) is 5.00. The van der Waals surface area contributed by atoms with Crippen LogP contribution in [0.1, 0.15) is 63.4 Å². The smallest absolute Gasteiger partial charge is 0.391 e. The molecule has 1 heterocycles. The maximum atomic E-state index is 13.0. The third-order valence-corrected chi connectivity index (χ3v) is 6.52. The van der Waals surface area contributed by atoms with Gasteiger partial charge in [0.1, 0.15) is 0 Å². The lowest BCUT2D eigenvalue weighted by Gasteiger charge is -2.55. The zero-order valence-electron chi connectivity index (χ0n) is 16.5. The van der Waals surface area contributed by atoms with E-state index in [-0.39, 0.29) is 43.5 Å². The number of hydrogen-bond acceptors (Lipinski definition) is 2. The third-order valence-electron chi connectivity index (χ3n) is 6.18. The van der Waals surface area contributed by atoms with Gasteiger partial charge in [0.15, 0.2) is 0 Å². The summed E-state index contributed by atoms with van der Waals surface area (Å²) in [6, 6.07) is 4.28. The summed E-state index contributed by atoms with van der Waals surface area (Å²) < 4.78 is 38.9. The van der Waals surface area contributed by atoms with Crippen LogP contribution in [0.5, 0.6) is 0 Å². The molecule has 2 aliphatic rings. The average molecular weight is 433 g/mol. The number of piperidine rings is 1. The van der Waals surface area contributed by atoms with E-state index in [0.29, 0.717) is 23.6 Å². The molecule has 3 atom stereocenters. The minimum absolute atomic E-state index is 0.0149. The Morgan fingerprint density at radius 3 is 2.55 bits per heavy atom. The van der Waals surface area contributed by atoms with E-state index >= 15 is 0 Å². The molecular formula is C21H28ClF3N2O2. The molecule has 8 heteroatoms. The molecule has 3 rings (SSSR count). The standard InChI is InChI=1S/C21H28ClF3N2O2/c1-2-4-13(5-3-8-28)18-11-15(6-7-19(18)22)26-20(29)27-16-9-14(21(23,24)25)10-17(27)12-16/h6-7,11,13-14,16-17,28H,2-5,8-10,12H2,1H3,(H,26,29). The van der Waals surface area contributed by atoms with Gasteiger partial charge < -0.3 is 15.3 Å². The summed E-state index contributed by atoms with van der Waals surface area (Å²) in [5.41, 5.74) is 1.53. The van der Waals surface area contributed by atoms with Gasteiger partial charge in [-0.15, -0.1) is 0 Å². The van der Waals surface area contributed by atoms with Gasteiger partial charge in [0.05, 0.1) is 5.92 Å². The monoisotopic (exact) mass is 432 g/mol. The lowest BCUT2D eigenvalue weighted by Crippen LogP contribution is -2.65. The van der Waals surface area contributed by atoms with Gasteiger partial charge >= 0.3 is 12.2 Å². The van der Waals surface area contributed by atoms with Crippen LogP contribution >= 0.6 is 11.6 Å². The fraction of sp³-hybridized carbons (Fsp3) is 0.667. The summed E-state index contributed by atoms with van der Waals surface area (Å²) in [6.07, 6.45) is -0.199. The van der Waals surface area contributed by atoms with Crippen molar-refractivity contribution in [1.82, 2.24) is 4.90 Å². The number of hydrogen-bond donors (Lipinski definition) is 2. The van der Waals surface area contributed by atoms with E-state index in [1.807, 2.05) is 6.07 Å². The molecule has 1 aromatic carbocycles. The van der Waals surface area contributed by atoms with Gasteiger partial charge in [0.25, 0.3) is 0 Å². The molecule has 2 fully saturated rings. The summed E-state index contributed by atoms with van der Waals surface area (Å²) in [7, 11) is 0. The lowest BCUT2D eigenvalue weighted by molar-refractivity contribution is -0.205. The molecule has 1 saturated carbocycles. The predicted octanol–water partition coefficient (Wildman–Crippen LogP) is 5.94. The Labute approximate surface area is 174 Å². The van der Waals surface area contributed by atoms with Crippen LogP contribution in [-0.4, -0.2) is 40.9 Å². The van der Waals surface area contributed by atoms with Gasteiger partial charge in [-0.2, -0.15) is 13.2 Å². The number of likely N-dealkylation sites (tertiary alicyclic amines) is 1. The molecule has 4 nitrogen and oxygen atoms in total. The largest absolute Gasteiger partial charge is 0.396 e. The van der Waals surface area contributed by atoms with Crippen molar-refractivity contribution in [2.75, 3.05) is 11.9 Å². The Balaban J connectivity index is 1.67. The van der Waals surface area contributed by atoms with Crippen molar-refractivity contribution in [3.05, 3.63) is 28.8 Å². The normalized spacial score (nSPS) is 24.8. The van der Waals surface area contributed by atoms with Gasteiger partial charge in [-0.25, -0.2) is 4.79 Å². The van der Waals surface area contributed by atoms with E-state index in [4.69, 9.17) is 16.7 Å². The number of anilines is 1. The van der Waals surface area contributed by atoms with E-state index in [1.165, 1.54) is 0 Å². The molecule has 0 radical (unpaired) electrons. The van der Waals surface area contributed by atoms with Crippen LogP contribution in [-0.2, 0) is 0 Å². The number of aliphatic hydroxyl groups excluding tert-OH is 1. The zero-order valence-corrected chi connectivity index (χ0v) is 17.3. The number of carbonyl (C=O) groups is 1. The van der Waals surface area contributed by atoms with Crippen molar-refractivity contribution < 1.29 is 23.1 Å². The predicted molar refractivity (Wildman–Crippen MR) is 107 cm³/mol. The van der Waals surface area contributed by atoms with E-state index in [2.05, 4.69) is 12.2 Å². The Kier molecular flexibility index (Phi) is 6.99. The molecule has 2 N–H and O–H groups in total. The van der Waals surface area contributed by atoms with Gasteiger partial charge in [-0.1, -0.05) is 24.9 Å². The average Bonchev–Trinajstić information content (AvgIpc) is 2.66. The van der Waals surface area contributed by atoms with E-state index in [9.17, 15) is 18.0 Å². The van der Waals surface area contributed by atoms with Crippen molar-refractivity contribution in [3.63, 3.8) is 0 Å². The number of nitrogens with one attached hydrogen (secondary N) is 1. The highest BCUT2D eigenvalue weighted by Gasteiger charge is 2.54. The maximum absolute atomic E-state index is 13.0. The van der Waals surface area contributed by atoms with Crippen molar-refractivity contribution in [3.8, 4) is 0 Å². The number of fused-ring (bicyclic) bond motifs is 2. The maximum Gasteiger partial charge on any atom is 0.391 e. The zero-order chi connectivity index (χ0) is 21.2. The molecule has 162 valence electrons. The number of carbonyl (C=O) groups excluding carboxylic acids is 1. The quantitative estimate of drug-likeness (QED) is 0.560. The first-order valence-electron chi connectivity index (χ1n) is 10.3. The highest BCUT2D eigenvalue weighted by Crippen LogP contribution is 2.47. The Morgan fingerprint density at radius 1 is 1.28 bits per heavy atom. The summed E-state index contributed by atoms with van der Waals surface area (Å²) in [6.45, 7) is 2.20. The number of nitrogens with zero attached hydrogens (tertiary/aromatic N) is 1. The summed E-state index contributed by atoms with van der Waals surface area (Å²) in [4.78, 5) is 14.3. The number of rotatable bonds is 7. The Morgan fingerprint density at radius 2 is 1.97 bits per heavy atom. The van der Waals surface area contributed by atoms with Crippen LogP contribution in [0.2, 0.25) is 5.02 Å². The number of halogens is 4. The molecule has 2 amide bonds. The van der Waals surface area contributed by atoms with Gasteiger partial charge in [0, 0.05) is 29.4 Å². The summed E-state index contributed by atoms with van der Waals surface area (Å²) in [5, 5.41) is 12.6. The first kappa shape index (κ1) is 22.2. The molecule has 3 unspecified atom stereocenters. The molecule has 1 aliphatic carbocycles. The molecule has 1 aliphatic heterocycles. The Bertz CT molecular complexity index is 716. The second-order valence-electron chi connectivity index (χ2n) is 8.18. The summed E-state index contributed by atoms with van der Waals surface area (Å²) >= 11 is 6.39. The summed E-state index contributed by atoms with van der Waals surface area (Å²) in [5.74, 6) is -1.12. The van der Waals surface area contributed by atoms with E-state index < -0.39 is 12.1 Å². The molecule has 29 heavy (non-hydrogen) atoms. The van der Waals surface area contributed by atoms with Gasteiger partial charge in [0.2, 0.25) is 0 Å². The van der Waals surface area contributed by atoms with Crippen LogP contribution < -0.4 is 5.32 Å². The number of aliphatic hydroxyl groups is 1. The van der Waals surface area contributed by atoms with Crippen LogP contribution in [0.4, 0.5) is 23.7 Å². The number of urea groups is 1. The highest BCUT2D eigenvalue weighted by atomic mass is 35.5. The van der Waals surface area contributed by atoms with Crippen LogP contribution in [0.15, 0.2) is 18.2 Å². The molecular weight excluding hydrogens is 405 g/mol. The first-order valence-corrected chi connectivity index (χ1v) is 10.7. The van der Waals surface area contributed by atoms with Gasteiger partial charge in [-0.3, -0.25) is 0 Å². The van der Waals surface area contributed by atoms with Crippen LogP contribution in [0.25, 0.3) is 0 Å². The van der Waals surface area contributed by atoms with E-state index in [0.717, 1.165) is 24.8 Å². The Hall–Kier alpha value is -1.47. The van der Waals surface area contributed by atoms with E-state index in [1.54, 1.807) is 17.0 Å². The highest BCUT2D eigenvalue weighted by molar-refractivity contribution is 6.31. The minimum atomic E-state index is -4.19. The molecule has 2 bridgehead atoms. The fourth-order valence-corrected chi connectivity index (χ4v) is 5.01. The molecule has 0 spiro atoms. The fourth-order valence-electron chi connectivity index (χ4n) is 4.74. The number of benzene rings is 1. The lowest BCUT2D eigenvalue weighted by atomic mass is 9.73. The molecule has 0 aromatic heterocycles. The second kappa shape index (κ2) is 9.13. The van der Waals surface area contributed by atoms with Crippen molar-refractivity contribution >= 4 is 23.3 Å². The number of amides is 2. The first-order chi connectivity index (χ1) is 13.7. The van der Waals surface area contributed by atoms with Crippen LogP contribution in [0, 0.1) is 5.92 Å². The SMILES string of the molecule is CCCC(CCCO)c1cc(NC(=O)N2C3CC2CC(C(F)(F)F)C3)ccc1Cl. The molecule has 1 saturated heterocycles. The van der Waals surface area contributed by atoms with Crippen molar-refractivity contribution in [1.29, 1.82) is 0 Å². The molecule has 1 aromatic rings. The minimum Gasteiger partial charge on any atom is -0.396 e. The second-order valence-corrected chi connectivity index (χ2v) is 8.59.